The van der Waals surface area contributed by atoms with E-state index in [9.17, 15) is 9.90 Å². The molecule has 0 saturated carbocycles. The topological polar surface area (TPSA) is 49.8 Å². The van der Waals surface area contributed by atoms with Crippen LogP contribution in [-0.4, -0.2) is 40.9 Å². The molecule has 1 aromatic rings. The zero-order valence-corrected chi connectivity index (χ0v) is 12.9. The van der Waals surface area contributed by atoms with Gasteiger partial charge in [0.15, 0.2) is 0 Å². The molecule has 1 aliphatic rings. The zero-order valence-electron chi connectivity index (χ0n) is 12.9. The van der Waals surface area contributed by atoms with Gasteiger partial charge in [0.2, 0.25) is 0 Å². The average molecular weight is 289 g/mol. The van der Waals surface area contributed by atoms with Crippen LogP contribution in [0.25, 0.3) is 6.08 Å². The fraction of sp³-hybridized carbons (Fsp3) is 0.471. The third kappa shape index (κ3) is 4.33. The SMILES string of the molecule is CC(C)(C)OC(=O)N1C/C(=C/c2ccccc2)C[C@H]1CO. The molecule has 2 rings (SSSR count). The smallest absolute Gasteiger partial charge is 0.410 e. The summed E-state index contributed by atoms with van der Waals surface area (Å²) in [6, 6.07) is 9.79. The number of likely N-dealkylation sites (tertiary alicyclic amines) is 1. The third-order valence-electron chi connectivity index (χ3n) is 3.32. The largest absolute Gasteiger partial charge is 0.444 e. The van der Waals surface area contributed by atoms with Crippen LogP contribution in [0.15, 0.2) is 35.9 Å². The maximum Gasteiger partial charge on any atom is 0.410 e. The minimum Gasteiger partial charge on any atom is -0.444 e. The number of nitrogens with zero attached hydrogens (tertiary/aromatic N) is 1. The molecule has 0 radical (unpaired) electrons. The summed E-state index contributed by atoms with van der Waals surface area (Å²) >= 11 is 0. The van der Waals surface area contributed by atoms with E-state index in [0.717, 1.165) is 11.1 Å². The Balaban J connectivity index is 2.10. The number of ether oxygens (including phenoxy) is 1. The summed E-state index contributed by atoms with van der Waals surface area (Å²) in [7, 11) is 0. The van der Waals surface area contributed by atoms with E-state index in [1.165, 1.54) is 0 Å². The molecule has 0 aliphatic carbocycles. The summed E-state index contributed by atoms with van der Waals surface area (Å²) in [6.07, 6.45) is 2.40. The highest BCUT2D eigenvalue weighted by atomic mass is 16.6. The first-order valence-corrected chi connectivity index (χ1v) is 7.24. The van der Waals surface area contributed by atoms with E-state index in [4.69, 9.17) is 4.74 Å². The van der Waals surface area contributed by atoms with Gasteiger partial charge in [-0.3, -0.25) is 4.90 Å². The minimum atomic E-state index is -0.525. The van der Waals surface area contributed by atoms with Gasteiger partial charge in [0.1, 0.15) is 5.60 Å². The van der Waals surface area contributed by atoms with Crippen LogP contribution in [0, 0.1) is 0 Å². The Bertz CT molecular complexity index is 517. The van der Waals surface area contributed by atoms with Crippen molar-refractivity contribution in [2.75, 3.05) is 13.2 Å². The van der Waals surface area contributed by atoms with Crippen molar-refractivity contribution in [2.45, 2.75) is 38.8 Å². The molecule has 1 saturated heterocycles. The third-order valence-corrected chi connectivity index (χ3v) is 3.32. The number of rotatable bonds is 2. The van der Waals surface area contributed by atoms with Crippen LogP contribution < -0.4 is 0 Å². The Morgan fingerprint density at radius 1 is 1.38 bits per heavy atom. The number of carbonyl (C=O) groups excluding carboxylic acids is 1. The first-order chi connectivity index (χ1) is 9.89. The van der Waals surface area contributed by atoms with E-state index in [1.54, 1.807) is 4.90 Å². The Morgan fingerprint density at radius 3 is 2.62 bits per heavy atom. The zero-order chi connectivity index (χ0) is 15.5. The minimum absolute atomic E-state index is 0.0502. The van der Waals surface area contributed by atoms with Crippen LogP contribution in [-0.2, 0) is 4.74 Å². The molecule has 1 aromatic carbocycles. The second kappa shape index (κ2) is 6.31. The lowest BCUT2D eigenvalue weighted by molar-refractivity contribution is 0.0178. The molecule has 1 heterocycles. The van der Waals surface area contributed by atoms with Gasteiger partial charge in [-0.05, 0) is 38.3 Å². The average Bonchev–Trinajstić information content (AvgIpc) is 2.81. The summed E-state index contributed by atoms with van der Waals surface area (Å²) in [5, 5.41) is 9.49. The predicted octanol–water partition coefficient (Wildman–Crippen LogP) is 3.07. The lowest BCUT2D eigenvalue weighted by Crippen LogP contribution is -2.41. The van der Waals surface area contributed by atoms with Crippen molar-refractivity contribution in [3.8, 4) is 0 Å². The van der Waals surface area contributed by atoms with E-state index in [1.807, 2.05) is 51.1 Å². The molecule has 0 spiro atoms. The molecule has 1 aliphatic heterocycles. The molecule has 1 atom stereocenters. The van der Waals surface area contributed by atoms with Gasteiger partial charge in [-0.1, -0.05) is 36.4 Å². The van der Waals surface area contributed by atoms with Gasteiger partial charge >= 0.3 is 6.09 Å². The van der Waals surface area contributed by atoms with E-state index < -0.39 is 5.60 Å². The van der Waals surface area contributed by atoms with Crippen molar-refractivity contribution in [3.63, 3.8) is 0 Å². The molecular weight excluding hydrogens is 266 g/mol. The van der Waals surface area contributed by atoms with Gasteiger partial charge in [0.25, 0.3) is 0 Å². The summed E-state index contributed by atoms with van der Waals surface area (Å²) < 4.78 is 5.40. The fourth-order valence-corrected chi connectivity index (χ4v) is 2.41. The van der Waals surface area contributed by atoms with Gasteiger partial charge in [-0.25, -0.2) is 4.79 Å². The summed E-state index contributed by atoms with van der Waals surface area (Å²) in [4.78, 5) is 13.8. The highest BCUT2D eigenvalue weighted by molar-refractivity contribution is 5.71. The van der Waals surface area contributed by atoms with Crippen LogP contribution in [0.1, 0.15) is 32.8 Å². The number of benzene rings is 1. The van der Waals surface area contributed by atoms with Gasteiger partial charge < -0.3 is 9.84 Å². The molecular formula is C17H23NO3. The van der Waals surface area contributed by atoms with Crippen molar-refractivity contribution in [3.05, 3.63) is 41.5 Å². The van der Waals surface area contributed by atoms with E-state index in [2.05, 4.69) is 6.08 Å². The number of hydrogen-bond acceptors (Lipinski definition) is 3. The van der Waals surface area contributed by atoms with E-state index in [0.29, 0.717) is 13.0 Å². The number of hydrogen-bond donors (Lipinski definition) is 1. The maximum absolute atomic E-state index is 12.2. The predicted molar refractivity (Wildman–Crippen MR) is 82.8 cm³/mol. The highest BCUT2D eigenvalue weighted by Crippen LogP contribution is 2.26. The molecule has 21 heavy (non-hydrogen) atoms. The Morgan fingerprint density at radius 2 is 2.05 bits per heavy atom. The van der Waals surface area contributed by atoms with Crippen LogP contribution in [0.5, 0.6) is 0 Å². The van der Waals surface area contributed by atoms with Gasteiger partial charge in [0, 0.05) is 6.54 Å². The molecule has 4 heteroatoms. The molecule has 0 aromatic heterocycles. The number of amides is 1. The highest BCUT2D eigenvalue weighted by Gasteiger charge is 2.34. The van der Waals surface area contributed by atoms with Crippen molar-refractivity contribution >= 4 is 12.2 Å². The molecule has 114 valence electrons. The van der Waals surface area contributed by atoms with Crippen molar-refractivity contribution in [1.29, 1.82) is 0 Å². The number of carbonyl (C=O) groups is 1. The van der Waals surface area contributed by atoms with Crippen LogP contribution in [0.3, 0.4) is 0 Å². The first-order valence-electron chi connectivity index (χ1n) is 7.24. The molecule has 0 unspecified atom stereocenters. The summed E-state index contributed by atoms with van der Waals surface area (Å²) in [5.41, 5.74) is 1.71. The van der Waals surface area contributed by atoms with Gasteiger partial charge in [-0.2, -0.15) is 0 Å². The summed E-state index contributed by atoms with van der Waals surface area (Å²) in [6.45, 7) is 5.99. The molecule has 0 bridgehead atoms. The van der Waals surface area contributed by atoms with E-state index >= 15 is 0 Å². The van der Waals surface area contributed by atoms with Crippen molar-refractivity contribution in [1.82, 2.24) is 4.90 Å². The van der Waals surface area contributed by atoms with Crippen LogP contribution in [0.2, 0.25) is 0 Å². The second-order valence-corrected chi connectivity index (χ2v) is 6.36. The molecule has 1 fully saturated rings. The standard InChI is InChI=1S/C17H23NO3/c1-17(2,3)21-16(20)18-11-14(10-15(18)12-19)9-13-7-5-4-6-8-13/h4-9,15,19H,10-12H2,1-3H3/b14-9+/t15-/m0/s1. The quantitative estimate of drug-likeness (QED) is 0.910. The van der Waals surface area contributed by atoms with Gasteiger partial charge in [0.05, 0.1) is 12.6 Å². The van der Waals surface area contributed by atoms with Crippen molar-refractivity contribution < 1.29 is 14.6 Å². The van der Waals surface area contributed by atoms with Crippen LogP contribution >= 0.6 is 0 Å². The second-order valence-electron chi connectivity index (χ2n) is 6.36. The number of aliphatic hydroxyl groups is 1. The molecule has 1 amide bonds. The van der Waals surface area contributed by atoms with Crippen molar-refractivity contribution in [2.24, 2.45) is 0 Å². The first kappa shape index (κ1) is 15.6. The molecule has 1 N–H and O–H groups in total. The molecule has 4 nitrogen and oxygen atoms in total. The Kier molecular flexibility index (Phi) is 4.68. The fourth-order valence-electron chi connectivity index (χ4n) is 2.41. The van der Waals surface area contributed by atoms with Crippen LogP contribution in [0.4, 0.5) is 4.79 Å². The van der Waals surface area contributed by atoms with E-state index in [-0.39, 0.29) is 18.7 Å². The lowest BCUT2D eigenvalue weighted by Gasteiger charge is -2.27. The van der Waals surface area contributed by atoms with Gasteiger partial charge in [-0.15, -0.1) is 0 Å². The number of aliphatic hydroxyl groups excluding tert-OH is 1. The lowest BCUT2D eigenvalue weighted by atomic mass is 10.1. The summed E-state index contributed by atoms with van der Waals surface area (Å²) in [5.74, 6) is 0. The monoisotopic (exact) mass is 289 g/mol. The normalized spacial score (nSPS) is 20.9. The maximum atomic E-state index is 12.2. The Labute approximate surface area is 126 Å². The Hall–Kier alpha value is -1.81.